The van der Waals surface area contributed by atoms with Crippen molar-refractivity contribution in [3.63, 3.8) is 0 Å². The maximum Gasteiger partial charge on any atom is 0.265 e. The van der Waals surface area contributed by atoms with Gasteiger partial charge in [-0.1, -0.05) is 17.2 Å². The van der Waals surface area contributed by atoms with Gasteiger partial charge in [0, 0.05) is 54.4 Å². The Labute approximate surface area is 265 Å². The van der Waals surface area contributed by atoms with Gasteiger partial charge in [0.05, 0.1) is 46.9 Å². The molecule has 2 atom stereocenters. The minimum absolute atomic E-state index is 0.126. The van der Waals surface area contributed by atoms with E-state index < -0.39 is 0 Å². The van der Waals surface area contributed by atoms with Crippen molar-refractivity contribution < 1.29 is 14.3 Å². The van der Waals surface area contributed by atoms with Crippen LogP contribution in [0.2, 0.25) is 5.02 Å². The van der Waals surface area contributed by atoms with Crippen LogP contribution in [0, 0.1) is 0 Å². The van der Waals surface area contributed by atoms with E-state index in [4.69, 9.17) is 26.1 Å². The third kappa shape index (κ3) is 5.89. The largest absolute Gasteiger partial charge is 0.494 e. The van der Waals surface area contributed by atoms with E-state index >= 15 is 0 Å². The Balaban J connectivity index is 1.57. The van der Waals surface area contributed by atoms with E-state index in [9.17, 15) is 9.59 Å². The molecule has 11 heteroatoms. The van der Waals surface area contributed by atoms with Crippen LogP contribution in [0.25, 0.3) is 33.6 Å². The molecule has 1 aromatic carbocycles. The first kappa shape index (κ1) is 30.1. The number of benzene rings is 1. The topological polar surface area (TPSA) is 98.6 Å². The number of carbonyl (C=O) groups excluding carboxylic acids is 1. The molecule has 4 aromatic rings. The average molecular weight is 632 g/mol. The highest BCUT2D eigenvalue weighted by molar-refractivity contribution is 7.13. The van der Waals surface area contributed by atoms with Gasteiger partial charge in [-0.2, -0.15) is 0 Å². The van der Waals surface area contributed by atoms with Gasteiger partial charge in [-0.25, -0.2) is 9.97 Å². The number of fused-ring (bicyclic) bond motifs is 2. The third-order valence-electron chi connectivity index (χ3n) is 7.84. The Kier molecular flexibility index (Phi) is 8.57. The van der Waals surface area contributed by atoms with E-state index in [1.165, 1.54) is 15.9 Å². The first-order valence-electron chi connectivity index (χ1n) is 14.6. The fourth-order valence-corrected chi connectivity index (χ4v) is 6.88. The molecule has 2 saturated heterocycles. The van der Waals surface area contributed by atoms with Gasteiger partial charge in [-0.05, 0) is 64.0 Å². The van der Waals surface area contributed by atoms with Crippen molar-refractivity contribution in [2.45, 2.75) is 45.7 Å². The number of nitrogens with one attached hydrogen (secondary N) is 1. The van der Waals surface area contributed by atoms with Crippen LogP contribution in [-0.4, -0.2) is 64.2 Å². The summed E-state index contributed by atoms with van der Waals surface area (Å²) < 4.78 is 12.5. The molecule has 0 aliphatic carbocycles. The molecule has 5 heterocycles. The Hall–Kier alpha value is -3.99. The lowest BCUT2D eigenvalue weighted by molar-refractivity contribution is 0.0696. The van der Waals surface area contributed by atoms with Crippen molar-refractivity contribution in [3.8, 4) is 39.1 Å². The molecule has 2 unspecified atom stereocenters. The molecule has 2 bridgehead atoms. The first-order valence-corrected chi connectivity index (χ1v) is 15.9. The summed E-state index contributed by atoms with van der Waals surface area (Å²) in [7, 11) is 1.56. The summed E-state index contributed by atoms with van der Waals surface area (Å²) in [5.74, 6) is 0.944. The Morgan fingerprint density at radius 3 is 2.59 bits per heavy atom. The summed E-state index contributed by atoms with van der Waals surface area (Å²) in [4.78, 5) is 40.0. The van der Waals surface area contributed by atoms with Crippen LogP contribution in [0.1, 0.15) is 49.7 Å². The maximum absolute atomic E-state index is 14.5. The van der Waals surface area contributed by atoms with Gasteiger partial charge >= 0.3 is 0 Å². The molecule has 2 fully saturated rings. The molecule has 1 amide bonds. The zero-order valence-electron chi connectivity index (χ0n) is 25.1. The zero-order chi connectivity index (χ0) is 31.0. The fraction of sp³-hybridized carbons (Fsp3) is 0.333. The Morgan fingerprint density at radius 1 is 1.16 bits per heavy atom. The van der Waals surface area contributed by atoms with Crippen molar-refractivity contribution in [1.29, 1.82) is 0 Å². The number of nitrogens with zero attached hydrogens (tertiary/aromatic N) is 4. The van der Waals surface area contributed by atoms with Gasteiger partial charge in [0.15, 0.2) is 0 Å². The molecule has 6 rings (SSSR count). The highest BCUT2D eigenvalue weighted by Gasteiger charge is 2.36. The van der Waals surface area contributed by atoms with E-state index in [-0.39, 0.29) is 23.6 Å². The summed E-state index contributed by atoms with van der Waals surface area (Å²) in [6.45, 7) is 7.46. The van der Waals surface area contributed by atoms with Crippen LogP contribution in [0.3, 0.4) is 0 Å². The number of thiazole rings is 1. The number of ether oxygens (including phenoxy) is 2. The molecular weight excluding hydrogens is 598 g/mol. The van der Waals surface area contributed by atoms with Crippen LogP contribution in [0.5, 0.6) is 11.6 Å². The summed E-state index contributed by atoms with van der Waals surface area (Å²) in [5.41, 5.74) is 3.69. The number of allylic oxidation sites excluding steroid dienone is 1. The lowest BCUT2D eigenvalue weighted by atomic mass is 10.0. The molecule has 0 spiro atoms. The fourth-order valence-electron chi connectivity index (χ4n) is 5.85. The zero-order valence-corrected chi connectivity index (χ0v) is 26.7. The number of aromatic nitrogens is 3. The van der Waals surface area contributed by atoms with Gasteiger partial charge < -0.3 is 19.7 Å². The molecule has 9 nitrogen and oxygen atoms in total. The minimum atomic E-state index is -0.335. The van der Waals surface area contributed by atoms with Gasteiger partial charge in [0.2, 0.25) is 5.88 Å². The predicted molar refractivity (Wildman–Crippen MR) is 174 cm³/mol. The molecule has 1 N–H and O–H groups in total. The molecule has 0 radical (unpaired) electrons. The van der Waals surface area contributed by atoms with Crippen molar-refractivity contribution in [2.75, 3.05) is 26.8 Å². The lowest BCUT2D eigenvalue weighted by Gasteiger charge is -2.33. The normalized spacial score (nSPS) is 17.4. The van der Waals surface area contributed by atoms with Crippen LogP contribution in [0.15, 0.2) is 58.3 Å². The Bertz CT molecular complexity index is 1780. The first-order chi connectivity index (χ1) is 21.2. The number of likely N-dealkylation sites (tertiary alicyclic amines) is 1. The second-order valence-electron chi connectivity index (χ2n) is 11.2. The quantitative estimate of drug-likeness (QED) is 0.252. The summed E-state index contributed by atoms with van der Waals surface area (Å²) in [6, 6.07) is 11.1. The smallest absolute Gasteiger partial charge is 0.265 e. The van der Waals surface area contributed by atoms with E-state index in [0.717, 1.165) is 24.0 Å². The second kappa shape index (κ2) is 12.6. The average Bonchev–Trinajstić information content (AvgIpc) is 3.64. The lowest BCUT2D eigenvalue weighted by Crippen LogP contribution is -2.53. The molecular formula is C33H34ClN5O4S. The number of methoxy groups -OCH3 is 1. The molecule has 2 aliphatic rings. The van der Waals surface area contributed by atoms with Gasteiger partial charge in [0.1, 0.15) is 10.8 Å². The number of pyridine rings is 2. The van der Waals surface area contributed by atoms with Gasteiger partial charge in [-0.15, -0.1) is 11.3 Å². The van der Waals surface area contributed by atoms with Gasteiger partial charge in [-0.3, -0.25) is 14.2 Å². The standard InChI is InChI=1S/C33H34ClN5O4S/c1-5-43-23-9-10-26(34)29(13-23)39-28(12-19(2)3)24(32(40)38-16-21-7-8-22(17-38)36-21)14-25(33(39)41)31-37-27(18-44-31)20-6-11-30(42-4)35-15-20/h6,9-15,18,21-22,36H,5,7-8,16-17H2,1-4H3. The van der Waals surface area contributed by atoms with E-state index in [0.29, 0.717) is 69.6 Å². The van der Waals surface area contributed by atoms with Crippen molar-refractivity contribution >= 4 is 34.9 Å². The highest BCUT2D eigenvalue weighted by Crippen LogP contribution is 2.33. The SMILES string of the molecule is CCOc1ccc(Cl)c(-n2c(C=C(C)C)c(C(=O)N3CC4CCC(C3)N4)cc(-c3nc(-c4ccc(OC)nc4)cs3)c2=O)c1. The van der Waals surface area contributed by atoms with Crippen molar-refractivity contribution in [2.24, 2.45) is 0 Å². The van der Waals surface area contributed by atoms with Crippen molar-refractivity contribution in [3.05, 3.63) is 80.2 Å². The maximum atomic E-state index is 14.5. The van der Waals surface area contributed by atoms with Crippen LogP contribution in [-0.2, 0) is 0 Å². The Morgan fingerprint density at radius 2 is 1.93 bits per heavy atom. The summed E-state index contributed by atoms with van der Waals surface area (Å²) in [6.07, 6.45) is 5.64. The molecule has 2 aliphatic heterocycles. The number of piperazine rings is 1. The number of rotatable bonds is 8. The summed E-state index contributed by atoms with van der Waals surface area (Å²) in [5, 5.41) is 6.32. The van der Waals surface area contributed by atoms with E-state index in [1.54, 1.807) is 43.6 Å². The van der Waals surface area contributed by atoms with Crippen LogP contribution in [0.4, 0.5) is 0 Å². The predicted octanol–water partition coefficient (Wildman–Crippen LogP) is 6.08. The van der Waals surface area contributed by atoms with E-state index in [1.807, 2.05) is 43.2 Å². The van der Waals surface area contributed by atoms with Gasteiger partial charge in [0.25, 0.3) is 11.5 Å². The highest BCUT2D eigenvalue weighted by atomic mass is 35.5. The number of hydrogen-bond donors (Lipinski definition) is 1. The molecule has 0 saturated carbocycles. The second-order valence-corrected chi connectivity index (χ2v) is 12.5. The number of halogens is 1. The number of hydrogen-bond acceptors (Lipinski definition) is 8. The van der Waals surface area contributed by atoms with Crippen molar-refractivity contribution in [1.82, 2.24) is 24.8 Å². The molecule has 3 aromatic heterocycles. The minimum Gasteiger partial charge on any atom is -0.494 e. The molecule has 228 valence electrons. The monoisotopic (exact) mass is 631 g/mol. The molecule has 44 heavy (non-hydrogen) atoms. The van der Waals surface area contributed by atoms with E-state index in [2.05, 4.69) is 10.3 Å². The summed E-state index contributed by atoms with van der Waals surface area (Å²) >= 11 is 8.11. The third-order valence-corrected chi connectivity index (χ3v) is 9.04. The van der Waals surface area contributed by atoms with Crippen LogP contribution >= 0.6 is 22.9 Å². The van der Waals surface area contributed by atoms with Crippen LogP contribution < -0.4 is 20.3 Å². The number of carbonyl (C=O) groups is 1. The number of amides is 1.